The molecule has 1 aliphatic carbocycles. The van der Waals surface area contributed by atoms with Crippen molar-refractivity contribution in [3.05, 3.63) is 35.6 Å². The van der Waals surface area contributed by atoms with Crippen LogP contribution in [0.5, 0.6) is 0 Å². The van der Waals surface area contributed by atoms with Gasteiger partial charge in [-0.3, -0.25) is 4.79 Å². The standard InChI is InChI=1S/C13H15FN2O/c14-12-9-5-4-8-11(12)13(17)16-15-10-6-2-1-3-7-10/h4-5,8-9H,1-3,6-7H2,(H,16,17). The van der Waals surface area contributed by atoms with Gasteiger partial charge in [-0.15, -0.1) is 0 Å². The molecule has 1 saturated carbocycles. The Hall–Kier alpha value is -1.71. The van der Waals surface area contributed by atoms with Crippen LogP contribution in [-0.4, -0.2) is 11.6 Å². The summed E-state index contributed by atoms with van der Waals surface area (Å²) in [5.41, 5.74) is 3.45. The number of hydrazone groups is 1. The average molecular weight is 234 g/mol. The van der Waals surface area contributed by atoms with Gasteiger partial charge in [0.25, 0.3) is 5.91 Å². The predicted octanol–water partition coefficient (Wildman–Crippen LogP) is 2.88. The summed E-state index contributed by atoms with van der Waals surface area (Å²) in [5, 5.41) is 4.05. The van der Waals surface area contributed by atoms with E-state index >= 15 is 0 Å². The molecule has 1 aromatic rings. The highest BCUT2D eigenvalue weighted by Gasteiger charge is 2.11. The molecule has 0 bridgehead atoms. The molecule has 0 radical (unpaired) electrons. The Bertz CT molecular complexity index is 435. The van der Waals surface area contributed by atoms with Crippen LogP contribution in [-0.2, 0) is 0 Å². The second kappa shape index (κ2) is 5.57. The molecule has 90 valence electrons. The Kier molecular flexibility index (Phi) is 3.85. The average Bonchev–Trinajstić information content (AvgIpc) is 2.38. The van der Waals surface area contributed by atoms with Gasteiger partial charge in [0.05, 0.1) is 5.56 Å². The zero-order valence-electron chi connectivity index (χ0n) is 9.58. The quantitative estimate of drug-likeness (QED) is 0.785. The van der Waals surface area contributed by atoms with Crippen LogP contribution in [0.25, 0.3) is 0 Å². The first-order valence-corrected chi connectivity index (χ1v) is 5.87. The lowest BCUT2D eigenvalue weighted by Crippen LogP contribution is -2.21. The summed E-state index contributed by atoms with van der Waals surface area (Å²) in [4.78, 5) is 11.6. The van der Waals surface area contributed by atoms with Crippen LogP contribution >= 0.6 is 0 Å². The van der Waals surface area contributed by atoms with E-state index < -0.39 is 11.7 Å². The molecule has 2 rings (SSSR count). The molecule has 1 N–H and O–H groups in total. The number of carbonyl (C=O) groups is 1. The fraction of sp³-hybridized carbons (Fsp3) is 0.385. The van der Waals surface area contributed by atoms with Crippen molar-refractivity contribution in [2.45, 2.75) is 32.1 Å². The minimum Gasteiger partial charge on any atom is -0.267 e. The molecule has 17 heavy (non-hydrogen) atoms. The lowest BCUT2D eigenvalue weighted by atomic mass is 9.99. The number of nitrogens with zero attached hydrogens (tertiary/aromatic N) is 1. The Morgan fingerprint density at radius 3 is 2.59 bits per heavy atom. The van der Waals surface area contributed by atoms with Crippen LogP contribution in [0.4, 0.5) is 4.39 Å². The number of hydrogen-bond donors (Lipinski definition) is 1. The Morgan fingerprint density at radius 2 is 1.88 bits per heavy atom. The maximum absolute atomic E-state index is 13.3. The number of hydrogen-bond acceptors (Lipinski definition) is 2. The van der Waals surface area contributed by atoms with Gasteiger partial charge in [-0.1, -0.05) is 18.6 Å². The van der Waals surface area contributed by atoms with Crippen LogP contribution in [0.15, 0.2) is 29.4 Å². The third-order valence-electron chi connectivity index (χ3n) is 2.86. The largest absolute Gasteiger partial charge is 0.274 e. The van der Waals surface area contributed by atoms with E-state index in [9.17, 15) is 9.18 Å². The van der Waals surface area contributed by atoms with Gasteiger partial charge in [-0.05, 0) is 37.8 Å². The number of nitrogens with one attached hydrogen (secondary N) is 1. The Morgan fingerprint density at radius 1 is 1.18 bits per heavy atom. The molecule has 0 atom stereocenters. The molecule has 4 heteroatoms. The van der Waals surface area contributed by atoms with Gasteiger partial charge in [0.1, 0.15) is 5.82 Å². The monoisotopic (exact) mass is 234 g/mol. The van der Waals surface area contributed by atoms with E-state index in [1.165, 1.54) is 18.6 Å². The van der Waals surface area contributed by atoms with E-state index in [1.807, 2.05) is 0 Å². The highest BCUT2D eigenvalue weighted by molar-refractivity contribution is 5.95. The minimum absolute atomic E-state index is 0.0349. The second-order valence-electron chi connectivity index (χ2n) is 4.16. The third kappa shape index (κ3) is 3.12. The summed E-state index contributed by atoms with van der Waals surface area (Å²) in [6.07, 6.45) is 5.32. The van der Waals surface area contributed by atoms with E-state index in [4.69, 9.17) is 0 Å². The molecule has 0 aromatic heterocycles. The maximum Gasteiger partial charge on any atom is 0.274 e. The second-order valence-corrected chi connectivity index (χ2v) is 4.16. The molecule has 0 spiro atoms. The molecule has 1 amide bonds. The number of halogens is 1. The van der Waals surface area contributed by atoms with Crippen molar-refractivity contribution >= 4 is 11.6 Å². The Balaban J connectivity index is 2.00. The molecule has 1 aliphatic rings. The number of rotatable bonds is 2. The number of carbonyl (C=O) groups excluding carboxylic acids is 1. The van der Waals surface area contributed by atoms with E-state index in [-0.39, 0.29) is 5.56 Å². The summed E-state index contributed by atoms with van der Waals surface area (Å²) >= 11 is 0. The summed E-state index contributed by atoms with van der Waals surface area (Å²) in [7, 11) is 0. The van der Waals surface area contributed by atoms with Crippen molar-refractivity contribution in [2.24, 2.45) is 5.10 Å². The van der Waals surface area contributed by atoms with Gasteiger partial charge in [0, 0.05) is 5.71 Å². The molecule has 0 unspecified atom stereocenters. The molecule has 1 fully saturated rings. The normalized spacial score (nSPS) is 15.5. The topological polar surface area (TPSA) is 41.5 Å². The summed E-state index contributed by atoms with van der Waals surface area (Å²) < 4.78 is 13.3. The highest BCUT2D eigenvalue weighted by atomic mass is 19.1. The van der Waals surface area contributed by atoms with Crippen molar-refractivity contribution in [1.82, 2.24) is 5.43 Å². The fourth-order valence-corrected chi connectivity index (χ4v) is 1.91. The summed E-state index contributed by atoms with van der Waals surface area (Å²) in [5.74, 6) is -1.00. The summed E-state index contributed by atoms with van der Waals surface area (Å²) in [6.45, 7) is 0. The van der Waals surface area contributed by atoms with Crippen LogP contribution in [0.2, 0.25) is 0 Å². The van der Waals surface area contributed by atoms with Crippen LogP contribution in [0, 0.1) is 5.82 Å². The van der Waals surface area contributed by atoms with E-state index in [0.717, 1.165) is 31.4 Å². The summed E-state index contributed by atoms with van der Waals surface area (Å²) in [6, 6.07) is 5.90. The van der Waals surface area contributed by atoms with Gasteiger partial charge in [0.2, 0.25) is 0 Å². The first-order chi connectivity index (χ1) is 8.27. The van der Waals surface area contributed by atoms with Crippen molar-refractivity contribution in [3.63, 3.8) is 0 Å². The van der Waals surface area contributed by atoms with E-state index in [2.05, 4.69) is 10.5 Å². The maximum atomic E-state index is 13.3. The first kappa shape index (κ1) is 11.8. The fourth-order valence-electron chi connectivity index (χ4n) is 1.91. The highest BCUT2D eigenvalue weighted by Crippen LogP contribution is 2.14. The molecule has 1 aromatic carbocycles. The first-order valence-electron chi connectivity index (χ1n) is 5.87. The van der Waals surface area contributed by atoms with Crippen molar-refractivity contribution in [2.75, 3.05) is 0 Å². The van der Waals surface area contributed by atoms with E-state index in [1.54, 1.807) is 12.1 Å². The Labute approximate surface area is 99.7 Å². The van der Waals surface area contributed by atoms with Gasteiger partial charge in [-0.25, -0.2) is 9.82 Å². The van der Waals surface area contributed by atoms with Crippen LogP contribution in [0.3, 0.4) is 0 Å². The van der Waals surface area contributed by atoms with Crippen molar-refractivity contribution < 1.29 is 9.18 Å². The van der Waals surface area contributed by atoms with Crippen LogP contribution in [0.1, 0.15) is 42.5 Å². The zero-order valence-corrected chi connectivity index (χ0v) is 9.58. The van der Waals surface area contributed by atoms with Crippen molar-refractivity contribution in [1.29, 1.82) is 0 Å². The predicted molar refractivity (Wildman–Crippen MR) is 64.4 cm³/mol. The molecular weight excluding hydrogens is 219 g/mol. The zero-order chi connectivity index (χ0) is 12.1. The van der Waals surface area contributed by atoms with E-state index in [0.29, 0.717) is 0 Å². The molecule has 3 nitrogen and oxygen atoms in total. The van der Waals surface area contributed by atoms with Gasteiger partial charge >= 0.3 is 0 Å². The third-order valence-corrected chi connectivity index (χ3v) is 2.86. The van der Waals surface area contributed by atoms with Gasteiger partial charge < -0.3 is 0 Å². The SMILES string of the molecule is O=C(NN=C1CCCCC1)c1ccccc1F. The lowest BCUT2D eigenvalue weighted by Gasteiger charge is -2.12. The lowest BCUT2D eigenvalue weighted by molar-refractivity contribution is 0.0950. The smallest absolute Gasteiger partial charge is 0.267 e. The van der Waals surface area contributed by atoms with Crippen LogP contribution < -0.4 is 5.43 Å². The number of amides is 1. The molecule has 0 aliphatic heterocycles. The minimum atomic E-state index is -0.520. The van der Waals surface area contributed by atoms with Gasteiger partial charge in [-0.2, -0.15) is 5.10 Å². The molecular formula is C13H15FN2O. The number of benzene rings is 1. The molecule has 0 heterocycles. The van der Waals surface area contributed by atoms with Crippen molar-refractivity contribution in [3.8, 4) is 0 Å². The van der Waals surface area contributed by atoms with Gasteiger partial charge in [0.15, 0.2) is 0 Å². The molecule has 0 saturated heterocycles.